The van der Waals surface area contributed by atoms with E-state index in [1.54, 1.807) is 11.3 Å². The average molecular weight is 273 g/mol. The monoisotopic (exact) mass is 273 g/mol. The Morgan fingerprint density at radius 1 is 1.21 bits per heavy atom. The van der Waals surface area contributed by atoms with Crippen LogP contribution in [0, 0.1) is 5.41 Å². The van der Waals surface area contributed by atoms with Crippen LogP contribution < -0.4 is 4.74 Å². The third kappa shape index (κ3) is 3.16. The molecule has 0 saturated heterocycles. The molecule has 1 heterocycles. The molecule has 0 aliphatic heterocycles. The molecule has 1 aliphatic rings. The minimum absolute atomic E-state index is 0.456. The Kier molecular flexibility index (Phi) is 3.56. The summed E-state index contributed by atoms with van der Waals surface area (Å²) >= 11 is 1.59. The van der Waals surface area contributed by atoms with Crippen LogP contribution in [0.2, 0.25) is 0 Å². The van der Waals surface area contributed by atoms with Gasteiger partial charge >= 0.3 is 0 Å². The maximum Gasteiger partial charge on any atom is 0.278 e. The largest absolute Gasteiger partial charge is 0.431 e. The van der Waals surface area contributed by atoms with Gasteiger partial charge in [-0.1, -0.05) is 49.3 Å². The van der Waals surface area contributed by atoms with Crippen molar-refractivity contribution in [1.82, 2.24) is 4.98 Å². The van der Waals surface area contributed by atoms with E-state index in [1.165, 1.54) is 31.4 Å². The summed E-state index contributed by atoms with van der Waals surface area (Å²) < 4.78 is 5.76. The second-order valence-electron chi connectivity index (χ2n) is 5.71. The molecule has 1 saturated carbocycles. The van der Waals surface area contributed by atoms with Crippen LogP contribution >= 0.6 is 11.3 Å². The van der Waals surface area contributed by atoms with Crippen molar-refractivity contribution >= 4 is 11.3 Å². The van der Waals surface area contributed by atoms with E-state index < -0.39 is 0 Å². The lowest BCUT2D eigenvalue weighted by molar-refractivity contribution is 0.330. The second-order valence-corrected chi connectivity index (χ2v) is 6.54. The van der Waals surface area contributed by atoms with Gasteiger partial charge in [0.2, 0.25) is 0 Å². The fourth-order valence-electron chi connectivity index (χ4n) is 2.85. The van der Waals surface area contributed by atoms with Crippen LogP contribution in [0.3, 0.4) is 0 Å². The Morgan fingerprint density at radius 2 is 1.95 bits per heavy atom. The van der Waals surface area contributed by atoms with Crippen molar-refractivity contribution in [2.45, 2.75) is 39.0 Å². The molecule has 0 bridgehead atoms. The molecule has 0 spiro atoms. The van der Waals surface area contributed by atoms with Crippen molar-refractivity contribution in [2.24, 2.45) is 5.41 Å². The molecule has 0 radical (unpaired) electrons. The van der Waals surface area contributed by atoms with Gasteiger partial charge < -0.3 is 4.74 Å². The molecule has 19 heavy (non-hydrogen) atoms. The maximum atomic E-state index is 5.76. The molecule has 100 valence electrons. The maximum absolute atomic E-state index is 5.76. The molecular formula is C16H19NOS. The molecule has 0 unspecified atom stereocenters. The first-order valence-corrected chi connectivity index (χ1v) is 7.79. The van der Waals surface area contributed by atoms with Crippen molar-refractivity contribution in [3.8, 4) is 10.9 Å². The summed E-state index contributed by atoms with van der Waals surface area (Å²) in [5.74, 6) is 0.857. The van der Waals surface area contributed by atoms with Gasteiger partial charge in [-0.3, -0.25) is 0 Å². The number of para-hydroxylation sites is 1. The summed E-state index contributed by atoms with van der Waals surface area (Å²) in [6.45, 7) is 2.39. The first kappa shape index (κ1) is 12.7. The quantitative estimate of drug-likeness (QED) is 0.777. The van der Waals surface area contributed by atoms with Crippen molar-refractivity contribution < 1.29 is 4.74 Å². The first-order valence-electron chi connectivity index (χ1n) is 6.91. The summed E-state index contributed by atoms with van der Waals surface area (Å²) in [6, 6.07) is 9.85. The van der Waals surface area contributed by atoms with Crippen molar-refractivity contribution in [3.63, 3.8) is 0 Å². The molecule has 1 fully saturated rings. The van der Waals surface area contributed by atoms with E-state index in [2.05, 4.69) is 17.3 Å². The van der Waals surface area contributed by atoms with E-state index in [9.17, 15) is 0 Å². The van der Waals surface area contributed by atoms with E-state index in [0.717, 1.165) is 17.4 Å². The van der Waals surface area contributed by atoms with Gasteiger partial charge in [-0.05, 0) is 36.8 Å². The molecule has 0 N–H and O–H groups in total. The SMILES string of the molecule is CC1(Cc2csc(Oc3ccccc3)n2)CCCC1. The summed E-state index contributed by atoms with van der Waals surface area (Å²) in [7, 11) is 0. The molecular weight excluding hydrogens is 254 g/mol. The van der Waals surface area contributed by atoms with Gasteiger partial charge in [-0.2, -0.15) is 0 Å². The van der Waals surface area contributed by atoms with Gasteiger partial charge in [-0.15, -0.1) is 0 Å². The standard InChI is InChI=1S/C16H19NOS/c1-16(9-5-6-10-16)11-13-12-19-15(17-13)18-14-7-3-2-4-8-14/h2-4,7-8,12H,5-6,9-11H2,1H3. The molecule has 2 nitrogen and oxygen atoms in total. The number of hydrogen-bond acceptors (Lipinski definition) is 3. The van der Waals surface area contributed by atoms with E-state index in [1.807, 2.05) is 30.3 Å². The lowest BCUT2D eigenvalue weighted by Gasteiger charge is -2.21. The zero-order chi connectivity index (χ0) is 13.1. The van der Waals surface area contributed by atoms with Crippen LogP contribution in [-0.4, -0.2) is 4.98 Å². The Hall–Kier alpha value is -1.35. The van der Waals surface area contributed by atoms with Crippen LogP contribution in [0.15, 0.2) is 35.7 Å². The van der Waals surface area contributed by atoms with Crippen LogP contribution in [0.25, 0.3) is 0 Å². The molecule has 3 rings (SSSR count). The molecule has 0 amide bonds. The molecule has 3 heteroatoms. The van der Waals surface area contributed by atoms with Gasteiger partial charge in [0.25, 0.3) is 5.19 Å². The predicted molar refractivity (Wildman–Crippen MR) is 78.9 cm³/mol. The average Bonchev–Trinajstić information content (AvgIpc) is 3.01. The first-order chi connectivity index (χ1) is 9.23. The molecule has 2 aromatic rings. The summed E-state index contributed by atoms with van der Waals surface area (Å²) in [4.78, 5) is 4.61. The Balaban J connectivity index is 1.66. The van der Waals surface area contributed by atoms with E-state index in [-0.39, 0.29) is 0 Å². The highest BCUT2D eigenvalue weighted by Crippen LogP contribution is 2.41. The predicted octanol–water partition coefficient (Wildman–Crippen LogP) is 5.06. The van der Waals surface area contributed by atoms with Crippen molar-refractivity contribution in [3.05, 3.63) is 41.4 Å². The number of hydrogen-bond donors (Lipinski definition) is 0. The smallest absolute Gasteiger partial charge is 0.278 e. The zero-order valence-electron chi connectivity index (χ0n) is 11.3. The van der Waals surface area contributed by atoms with E-state index in [4.69, 9.17) is 4.74 Å². The highest BCUT2D eigenvalue weighted by Gasteiger charge is 2.29. The van der Waals surface area contributed by atoms with E-state index >= 15 is 0 Å². The highest BCUT2D eigenvalue weighted by molar-refractivity contribution is 7.11. The molecule has 1 aliphatic carbocycles. The van der Waals surface area contributed by atoms with Crippen LogP contribution in [-0.2, 0) is 6.42 Å². The van der Waals surface area contributed by atoms with Crippen LogP contribution in [0.5, 0.6) is 10.9 Å². The summed E-state index contributed by atoms with van der Waals surface area (Å²) in [6.07, 6.45) is 6.49. The lowest BCUT2D eigenvalue weighted by Crippen LogP contribution is -2.14. The minimum atomic E-state index is 0.456. The van der Waals surface area contributed by atoms with Gasteiger partial charge in [0.15, 0.2) is 0 Å². The van der Waals surface area contributed by atoms with Gasteiger partial charge in [0, 0.05) is 5.38 Å². The third-order valence-electron chi connectivity index (χ3n) is 3.90. The third-order valence-corrected chi connectivity index (χ3v) is 4.66. The van der Waals surface area contributed by atoms with Gasteiger partial charge in [-0.25, -0.2) is 4.98 Å². The number of aromatic nitrogens is 1. The Morgan fingerprint density at radius 3 is 2.68 bits per heavy atom. The Labute approximate surface area is 118 Å². The number of ether oxygens (including phenoxy) is 1. The molecule has 1 aromatic carbocycles. The number of benzene rings is 1. The summed E-state index contributed by atoms with van der Waals surface area (Å²) in [5, 5.41) is 2.89. The number of rotatable bonds is 4. The zero-order valence-corrected chi connectivity index (χ0v) is 12.1. The molecule has 0 atom stereocenters. The van der Waals surface area contributed by atoms with Gasteiger partial charge in [0.05, 0.1) is 5.69 Å². The highest BCUT2D eigenvalue weighted by atomic mass is 32.1. The van der Waals surface area contributed by atoms with Crippen LogP contribution in [0.1, 0.15) is 38.3 Å². The second kappa shape index (κ2) is 5.33. The number of thiazole rings is 1. The fraction of sp³-hybridized carbons (Fsp3) is 0.438. The van der Waals surface area contributed by atoms with E-state index in [0.29, 0.717) is 5.41 Å². The van der Waals surface area contributed by atoms with Crippen molar-refractivity contribution in [1.29, 1.82) is 0 Å². The summed E-state index contributed by atoms with van der Waals surface area (Å²) in [5.41, 5.74) is 1.64. The van der Waals surface area contributed by atoms with Gasteiger partial charge in [0.1, 0.15) is 5.75 Å². The lowest BCUT2D eigenvalue weighted by atomic mass is 9.84. The normalized spacial score (nSPS) is 17.5. The number of nitrogens with zero attached hydrogens (tertiary/aromatic N) is 1. The topological polar surface area (TPSA) is 22.1 Å². The Bertz CT molecular complexity index is 529. The van der Waals surface area contributed by atoms with Crippen LogP contribution in [0.4, 0.5) is 0 Å². The van der Waals surface area contributed by atoms with Crippen molar-refractivity contribution in [2.75, 3.05) is 0 Å². The fourth-order valence-corrected chi connectivity index (χ4v) is 3.54. The molecule has 1 aromatic heterocycles. The minimum Gasteiger partial charge on any atom is -0.431 e.